The predicted octanol–water partition coefficient (Wildman–Crippen LogP) is 5.18. The van der Waals surface area contributed by atoms with Crippen molar-refractivity contribution in [3.8, 4) is 11.1 Å². The van der Waals surface area contributed by atoms with Crippen molar-refractivity contribution in [3.05, 3.63) is 65.5 Å². The van der Waals surface area contributed by atoms with E-state index in [-0.39, 0.29) is 23.4 Å². The quantitative estimate of drug-likeness (QED) is 0.388. The maximum Gasteiger partial charge on any atom is 0.417 e. The Hall–Kier alpha value is -3.84. The molecule has 0 radical (unpaired) electrons. The summed E-state index contributed by atoms with van der Waals surface area (Å²) in [5.41, 5.74) is -2.17. The molecular formula is C30H33F5N6O2. The third-order valence-electron chi connectivity index (χ3n) is 8.24. The van der Waals surface area contributed by atoms with Crippen molar-refractivity contribution >= 4 is 23.2 Å². The number of alkyl halides is 3. The van der Waals surface area contributed by atoms with Gasteiger partial charge in [0.15, 0.2) is 0 Å². The van der Waals surface area contributed by atoms with Crippen LogP contribution in [0.15, 0.2) is 42.7 Å². The molecule has 1 aromatic heterocycles. The van der Waals surface area contributed by atoms with E-state index < -0.39 is 40.4 Å². The highest BCUT2D eigenvalue weighted by Gasteiger charge is 2.36. The molecular weight excluding hydrogens is 571 g/mol. The Balaban J connectivity index is 1.50. The van der Waals surface area contributed by atoms with Crippen LogP contribution in [0.1, 0.15) is 42.6 Å². The van der Waals surface area contributed by atoms with Crippen LogP contribution < -0.4 is 15.1 Å². The summed E-state index contributed by atoms with van der Waals surface area (Å²) in [5.74, 6) is -2.44. The molecule has 1 unspecified atom stereocenters. The fraction of sp³-hybridized carbons (Fsp3) is 0.433. The number of benzene rings is 2. The topological polar surface area (TPSA) is 84.8 Å². The van der Waals surface area contributed by atoms with E-state index in [0.29, 0.717) is 62.8 Å². The van der Waals surface area contributed by atoms with Gasteiger partial charge in [-0.05, 0) is 64.1 Å². The number of amides is 1. The van der Waals surface area contributed by atoms with Crippen LogP contribution in [0, 0.1) is 11.6 Å². The van der Waals surface area contributed by atoms with Gasteiger partial charge in [-0.2, -0.15) is 13.2 Å². The number of aliphatic hydroxyl groups is 1. The second kappa shape index (κ2) is 11.7. The van der Waals surface area contributed by atoms with E-state index in [2.05, 4.69) is 20.2 Å². The molecule has 43 heavy (non-hydrogen) atoms. The van der Waals surface area contributed by atoms with Crippen molar-refractivity contribution in [2.24, 2.45) is 0 Å². The lowest BCUT2D eigenvalue weighted by Crippen LogP contribution is -2.50. The zero-order valence-electron chi connectivity index (χ0n) is 24.0. The first-order chi connectivity index (χ1) is 20.2. The molecule has 2 aliphatic rings. The monoisotopic (exact) mass is 604 g/mol. The number of rotatable bonds is 5. The van der Waals surface area contributed by atoms with Crippen LogP contribution in [-0.2, 0) is 6.18 Å². The number of carbonyl (C=O) groups is 1. The Kier molecular flexibility index (Phi) is 8.32. The van der Waals surface area contributed by atoms with Gasteiger partial charge in [0.2, 0.25) is 5.95 Å². The summed E-state index contributed by atoms with van der Waals surface area (Å²) in [6, 6.07) is 4.54. The second-order valence-electron chi connectivity index (χ2n) is 11.5. The number of halogens is 5. The number of likely N-dealkylation sites (N-methyl/N-ethyl adjacent to an activating group) is 1. The van der Waals surface area contributed by atoms with E-state index >= 15 is 4.39 Å². The molecule has 0 saturated carbocycles. The first kappa shape index (κ1) is 30.6. The molecule has 0 spiro atoms. The van der Waals surface area contributed by atoms with Crippen LogP contribution in [0.4, 0.5) is 39.3 Å². The lowest BCUT2D eigenvalue weighted by Gasteiger charge is -2.39. The van der Waals surface area contributed by atoms with Gasteiger partial charge in [-0.25, -0.2) is 18.7 Å². The van der Waals surface area contributed by atoms with Gasteiger partial charge in [0, 0.05) is 62.3 Å². The number of aromatic nitrogens is 2. The van der Waals surface area contributed by atoms with Crippen LogP contribution in [0.3, 0.4) is 0 Å². The lowest BCUT2D eigenvalue weighted by molar-refractivity contribution is -0.138. The zero-order chi connectivity index (χ0) is 31.1. The minimum atomic E-state index is -4.97. The molecule has 230 valence electrons. The van der Waals surface area contributed by atoms with Gasteiger partial charge in [-0.15, -0.1) is 0 Å². The summed E-state index contributed by atoms with van der Waals surface area (Å²) in [7, 11) is 1.96. The SMILES string of the molecule is CC1CN(c2cc(F)c(-c3cnc(N4CCC(C)(O)CC4)nc3)cc2NC(=O)c2ccc(F)cc2C(F)(F)F)CCN1C. The van der Waals surface area contributed by atoms with Crippen molar-refractivity contribution in [1.29, 1.82) is 0 Å². The standard InChI is InChI=1S/C30H33F5N6O2/c1-18-17-41(11-10-39(18)3)26-14-24(32)22(19-15-36-28(37-16-19)40-8-6-29(2,43)7-9-40)13-25(26)38-27(42)21-5-4-20(31)12-23(21)30(33,34)35/h4-5,12-16,18,43H,6-11,17H2,1-3H3,(H,38,42). The number of piperidine rings is 1. The molecule has 3 aromatic rings. The average Bonchev–Trinajstić information content (AvgIpc) is 2.95. The molecule has 1 atom stereocenters. The molecule has 3 heterocycles. The van der Waals surface area contributed by atoms with E-state index in [1.54, 1.807) is 6.92 Å². The third kappa shape index (κ3) is 6.72. The number of carbonyl (C=O) groups excluding carboxylic acids is 1. The molecule has 2 fully saturated rings. The first-order valence-corrected chi connectivity index (χ1v) is 14.0. The van der Waals surface area contributed by atoms with Gasteiger partial charge >= 0.3 is 6.18 Å². The fourth-order valence-corrected chi connectivity index (χ4v) is 5.36. The maximum atomic E-state index is 15.7. The summed E-state index contributed by atoms with van der Waals surface area (Å²) in [5, 5.41) is 12.8. The molecule has 0 bridgehead atoms. The number of piperazine rings is 1. The van der Waals surface area contributed by atoms with E-state index in [1.165, 1.54) is 24.5 Å². The van der Waals surface area contributed by atoms with Crippen molar-refractivity contribution in [2.45, 2.75) is 44.5 Å². The lowest BCUT2D eigenvalue weighted by atomic mass is 9.94. The van der Waals surface area contributed by atoms with E-state index in [1.807, 2.05) is 23.8 Å². The molecule has 2 N–H and O–H groups in total. The van der Waals surface area contributed by atoms with E-state index in [9.17, 15) is 27.5 Å². The minimum absolute atomic E-state index is 0.0458. The van der Waals surface area contributed by atoms with Crippen LogP contribution in [-0.4, -0.2) is 77.3 Å². The maximum absolute atomic E-state index is 15.7. The van der Waals surface area contributed by atoms with Crippen molar-refractivity contribution < 1.29 is 31.9 Å². The smallest absolute Gasteiger partial charge is 0.390 e. The highest BCUT2D eigenvalue weighted by molar-refractivity contribution is 6.07. The second-order valence-corrected chi connectivity index (χ2v) is 11.5. The normalized spacial score (nSPS) is 19.4. The minimum Gasteiger partial charge on any atom is -0.390 e. The Labute approximate surface area is 246 Å². The van der Waals surface area contributed by atoms with Gasteiger partial charge in [-0.1, -0.05) is 0 Å². The van der Waals surface area contributed by atoms with Gasteiger partial charge in [0.05, 0.1) is 28.1 Å². The third-order valence-corrected chi connectivity index (χ3v) is 8.24. The molecule has 2 aliphatic heterocycles. The van der Waals surface area contributed by atoms with Crippen LogP contribution in [0.5, 0.6) is 0 Å². The highest BCUT2D eigenvalue weighted by Crippen LogP contribution is 2.37. The average molecular weight is 605 g/mol. The number of nitrogens with one attached hydrogen (secondary N) is 1. The summed E-state index contributed by atoms with van der Waals surface area (Å²) < 4.78 is 70.4. The summed E-state index contributed by atoms with van der Waals surface area (Å²) in [6.45, 7) is 6.51. The van der Waals surface area contributed by atoms with Crippen molar-refractivity contribution in [3.63, 3.8) is 0 Å². The van der Waals surface area contributed by atoms with E-state index in [4.69, 9.17) is 0 Å². The number of nitrogens with zero attached hydrogens (tertiary/aromatic N) is 5. The Morgan fingerprint density at radius 2 is 1.70 bits per heavy atom. The van der Waals surface area contributed by atoms with Crippen molar-refractivity contribution in [2.75, 3.05) is 54.9 Å². The summed E-state index contributed by atoms with van der Waals surface area (Å²) in [6.07, 6.45) is -0.989. The summed E-state index contributed by atoms with van der Waals surface area (Å²) >= 11 is 0. The molecule has 1 amide bonds. The molecule has 5 rings (SSSR count). The zero-order valence-corrected chi connectivity index (χ0v) is 24.0. The summed E-state index contributed by atoms with van der Waals surface area (Å²) in [4.78, 5) is 27.9. The molecule has 2 saturated heterocycles. The number of hydrogen-bond acceptors (Lipinski definition) is 7. The number of anilines is 3. The van der Waals surface area contributed by atoms with Gasteiger partial charge in [0.25, 0.3) is 5.91 Å². The Morgan fingerprint density at radius 3 is 2.33 bits per heavy atom. The van der Waals surface area contributed by atoms with Crippen LogP contribution in [0.2, 0.25) is 0 Å². The van der Waals surface area contributed by atoms with Crippen molar-refractivity contribution in [1.82, 2.24) is 14.9 Å². The van der Waals surface area contributed by atoms with Crippen LogP contribution in [0.25, 0.3) is 11.1 Å². The Bertz CT molecular complexity index is 1490. The van der Waals surface area contributed by atoms with Gasteiger partial charge in [-0.3, -0.25) is 4.79 Å². The van der Waals surface area contributed by atoms with Gasteiger partial charge < -0.3 is 25.1 Å². The number of hydrogen-bond donors (Lipinski definition) is 2. The predicted molar refractivity (Wildman–Crippen MR) is 153 cm³/mol. The van der Waals surface area contributed by atoms with Gasteiger partial charge in [0.1, 0.15) is 11.6 Å². The van der Waals surface area contributed by atoms with Crippen LogP contribution >= 0.6 is 0 Å². The fourth-order valence-electron chi connectivity index (χ4n) is 5.36. The molecule has 13 heteroatoms. The molecule has 0 aliphatic carbocycles. The largest absolute Gasteiger partial charge is 0.417 e. The molecule has 2 aromatic carbocycles. The first-order valence-electron chi connectivity index (χ1n) is 14.0. The molecule has 8 nitrogen and oxygen atoms in total. The Morgan fingerprint density at radius 1 is 1.02 bits per heavy atom. The highest BCUT2D eigenvalue weighted by atomic mass is 19.4. The van der Waals surface area contributed by atoms with E-state index in [0.717, 1.165) is 12.1 Å².